The Morgan fingerprint density at radius 1 is 1.42 bits per heavy atom. The van der Waals surface area contributed by atoms with Crippen LogP contribution in [0.1, 0.15) is 44.5 Å². The summed E-state index contributed by atoms with van der Waals surface area (Å²) in [6, 6.07) is 4.01. The predicted molar refractivity (Wildman–Crippen MR) is 103 cm³/mol. The van der Waals surface area contributed by atoms with Crippen molar-refractivity contribution in [3.05, 3.63) is 47.2 Å². The van der Waals surface area contributed by atoms with E-state index in [4.69, 9.17) is 11.0 Å². The van der Waals surface area contributed by atoms with Gasteiger partial charge in [-0.2, -0.15) is 5.26 Å². The Morgan fingerprint density at radius 2 is 2.08 bits per heavy atom. The highest BCUT2D eigenvalue weighted by Gasteiger charge is 2.07. The van der Waals surface area contributed by atoms with Crippen molar-refractivity contribution in [1.29, 1.82) is 5.26 Å². The number of pyridine rings is 1. The molecule has 2 aromatic heterocycles. The minimum Gasteiger partial charge on any atom is -0.395 e. The number of nitrogens with zero attached hydrogens (tertiary/aromatic N) is 3. The molecule has 7 nitrogen and oxygen atoms in total. The summed E-state index contributed by atoms with van der Waals surface area (Å²) >= 11 is 0. The third kappa shape index (κ3) is 7.36. The van der Waals surface area contributed by atoms with Gasteiger partial charge in [0, 0.05) is 32.3 Å². The van der Waals surface area contributed by atoms with E-state index < -0.39 is 0 Å². The van der Waals surface area contributed by atoms with Crippen molar-refractivity contribution in [1.82, 2.24) is 14.7 Å². The maximum Gasteiger partial charge on any atom is 0.167 e. The van der Waals surface area contributed by atoms with E-state index in [-0.39, 0.29) is 5.70 Å². The number of rotatable bonds is 6. The van der Waals surface area contributed by atoms with E-state index in [1.165, 1.54) is 6.20 Å². The van der Waals surface area contributed by atoms with Gasteiger partial charge in [0.05, 0.1) is 23.5 Å². The number of nitrogens with two attached hydrogens (primary N) is 1. The molecular formula is C19H29N5O2. The average molecular weight is 359 g/mol. The predicted octanol–water partition coefficient (Wildman–Crippen LogP) is 2.54. The number of aryl methyl sites for hydroxylation is 1. The highest BCUT2D eigenvalue weighted by molar-refractivity contribution is 5.71. The SMILES string of the molecule is CC.CCOC.CCc1cc(C#N)c2nc(CN/C=C(\N)C=O)cn2c1. The van der Waals surface area contributed by atoms with Crippen molar-refractivity contribution in [3.63, 3.8) is 0 Å². The van der Waals surface area contributed by atoms with Gasteiger partial charge in [-0.25, -0.2) is 4.98 Å². The van der Waals surface area contributed by atoms with Crippen LogP contribution >= 0.6 is 0 Å². The second-order valence-electron chi connectivity index (χ2n) is 4.91. The lowest BCUT2D eigenvalue weighted by molar-refractivity contribution is -0.105. The lowest BCUT2D eigenvalue weighted by Crippen LogP contribution is -2.10. The van der Waals surface area contributed by atoms with Crippen LogP contribution < -0.4 is 11.1 Å². The first-order chi connectivity index (χ1) is 12.6. The second-order valence-corrected chi connectivity index (χ2v) is 4.91. The van der Waals surface area contributed by atoms with E-state index >= 15 is 0 Å². The van der Waals surface area contributed by atoms with Crippen molar-refractivity contribution in [2.24, 2.45) is 5.73 Å². The molecule has 0 unspecified atom stereocenters. The molecule has 0 spiro atoms. The summed E-state index contributed by atoms with van der Waals surface area (Å²) < 4.78 is 6.39. The lowest BCUT2D eigenvalue weighted by Gasteiger charge is -2.00. The number of carbonyl (C=O) groups excluding carboxylic acids is 1. The summed E-state index contributed by atoms with van der Waals surface area (Å²) in [4.78, 5) is 14.8. The van der Waals surface area contributed by atoms with Crippen molar-refractivity contribution >= 4 is 11.9 Å². The van der Waals surface area contributed by atoms with Gasteiger partial charge < -0.3 is 20.2 Å². The fourth-order valence-electron chi connectivity index (χ4n) is 1.88. The quantitative estimate of drug-likeness (QED) is 0.606. The number of methoxy groups -OCH3 is 1. The molecule has 2 aromatic rings. The van der Waals surface area contributed by atoms with Crippen molar-refractivity contribution in [2.75, 3.05) is 13.7 Å². The normalized spacial score (nSPS) is 10.1. The summed E-state index contributed by atoms with van der Waals surface area (Å²) in [5.41, 5.74) is 8.52. The number of ether oxygens (including phenoxy) is 1. The fourth-order valence-corrected chi connectivity index (χ4v) is 1.88. The molecule has 3 N–H and O–H groups in total. The zero-order valence-corrected chi connectivity index (χ0v) is 16.2. The van der Waals surface area contributed by atoms with Gasteiger partial charge in [-0.05, 0) is 25.0 Å². The lowest BCUT2D eigenvalue weighted by atomic mass is 10.2. The first-order valence-electron chi connectivity index (χ1n) is 8.63. The smallest absolute Gasteiger partial charge is 0.167 e. The Morgan fingerprint density at radius 3 is 2.58 bits per heavy atom. The Balaban J connectivity index is 0.000000920. The molecular weight excluding hydrogens is 330 g/mol. The van der Waals surface area contributed by atoms with E-state index in [0.29, 0.717) is 24.0 Å². The molecule has 0 aliphatic heterocycles. The molecule has 0 bridgehead atoms. The third-order valence-corrected chi connectivity index (χ3v) is 3.16. The molecule has 2 rings (SSSR count). The molecule has 0 amide bonds. The van der Waals surface area contributed by atoms with E-state index in [0.717, 1.165) is 24.3 Å². The Hall–Kier alpha value is -2.85. The van der Waals surface area contributed by atoms with Gasteiger partial charge in [-0.3, -0.25) is 4.79 Å². The van der Waals surface area contributed by atoms with Crippen LogP contribution in [0.15, 0.2) is 30.4 Å². The first-order valence-corrected chi connectivity index (χ1v) is 8.63. The molecule has 0 aliphatic rings. The molecule has 0 aromatic carbocycles. The number of hydrogen-bond acceptors (Lipinski definition) is 6. The molecule has 0 saturated carbocycles. The maximum absolute atomic E-state index is 10.4. The molecule has 0 atom stereocenters. The molecule has 26 heavy (non-hydrogen) atoms. The van der Waals surface area contributed by atoms with Gasteiger partial charge in [-0.1, -0.05) is 20.8 Å². The minimum atomic E-state index is 0.125. The Labute approximate surface area is 155 Å². The standard InChI is InChI=1S/C14H15N5O.C3H8O.C2H6/c1-2-10-3-11(4-15)14-18-13(8-19(14)7-10)6-17-5-12(16)9-20;1-3-4-2;1-2/h3,5,7-9,17H,2,6,16H2,1H3;3H2,1-2H3;1-2H3/b12-5-;;. The molecule has 0 saturated heterocycles. The number of imidazole rings is 1. The monoisotopic (exact) mass is 359 g/mol. The molecule has 0 radical (unpaired) electrons. The first kappa shape index (κ1) is 23.1. The summed E-state index contributed by atoms with van der Waals surface area (Å²) in [6.45, 7) is 9.25. The zero-order valence-electron chi connectivity index (χ0n) is 16.2. The van der Waals surface area contributed by atoms with Gasteiger partial charge >= 0.3 is 0 Å². The summed E-state index contributed by atoms with van der Waals surface area (Å²) in [5.74, 6) is 0. The van der Waals surface area contributed by atoms with Crippen molar-refractivity contribution in [2.45, 2.75) is 40.7 Å². The number of nitrogens with one attached hydrogen (secondary N) is 1. The minimum absolute atomic E-state index is 0.125. The van der Waals surface area contributed by atoms with Crippen molar-refractivity contribution in [3.8, 4) is 6.07 Å². The third-order valence-electron chi connectivity index (χ3n) is 3.16. The highest BCUT2D eigenvalue weighted by Crippen LogP contribution is 2.14. The molecule has 142 valence electrons. The van der Waals surface area contributed by atoms with Crippen LogP contribution in [0.5, 0.6) is 0 Å². The van der Waals surface area contributed by atoms with E-state index in [9.17, 15) is 4.79 Å². The maximum atomic E-state index is 10.4. The number of aromatic nitrogens is 2. The Kier molecular flexibility index (Phi) is 12.0. The van der Waals surface area contributed by atoms with Gasteiger partial charge in [0.2, 0.25) is 0 Å². The van der Waals surface area contributed by atoms with Gasteiger partial charge in [0.1, 0.15) is 6.07 Å². The number of fused-ring (bicyclic) bond motifs is 1. The number of aldehydes is 1. The van der Waals surface area contributed by atoms with E-state index in [1.54, 1.807) is 7.11 Å². The largest absolute Gasteiger partial charge is 0.395 e. The van der Waals surface area contributed by atoms with E-state index in [1.807, 2.05) is 50.6 Å². The molecule has 0 aliphatic carbocycles. The average Bonchev–Trinajstić information content (AvgIpc) is 3.11. The summed E-state index contributed by atoms with van der Waals surface area (Å²) in [6.07, 6.45) is 6.67. The van der Waals surface area contributed by atoms with Crippen molar-refractivity contribution < 1.29 is 9.53 Å². The van der Waals surface area contributed by atoms with Crippen LogP contribution in [-0.4, -0.2) is 29.4 Å². The van der Waals surface area contributed by atoms with Crippen LogP contribution in [0.3, 0.4) is 0 Å². The molecule has 7 heteroatoms. The van der Waals surface area contributed by atoms with Crippen LogP contribution in [0.25, 0.3) is 5.65 Å². The van der Waals surface area contributed by atoms with Crippen LogP contribution in [0, 0.1) is 11.3 Å². The summed E-state index contributed by atoms with van der Waals surface area (Å²) in [5, 5.41) is 12.1. The Bertz CT molecular complexity index is 742. The number of hydrogen-bond donors (Lipinski definition) is 2. The van der Waals surface area contributed by atoms with Gasteiger partial charge in [0.15, 0.2) is 11.9 Å². The van der Waals surface area contributed by atoms with Gasteiger partial charge in [0.25, 0.3) is 0 Å². The summed E-state index contributed by atoms with van der Waals surface area (Å²) in [7, 11) is 1.68. The van der Waals surface area contributed by atoms with Crippen LogP contribution in [0.2, 0.25) is 0 Å². The number of carbonyl (C=O) groups is 1. The van der Waals surface area contributed by atoms with Gasteiger partial charge in [-0.15, -0.1) is 0 Å². The molecule has 0 fully saturated rings. The van der Waals surface area contributed by atoms with Crippen LogP contribution in [0.4, 0.5) is 0 Å². The second kappa shape index (κ2) is 13.4. The molecule has 2 heterocycles. The van der Waals surface area contributed by atoms with Crippen LogP contribution in [-0.2, 0) is 22.5 Å². The zero-order chi connectivity index (χ0) is 19.9. The topological polar surface area (TPSA) is 105 Å². The number of allylic oxidation sites excluding steroid dienone is 1. The fraction of sp³-hybridized carbons (Fsp3) is 0.421. The van der Waals surface area contributed by atoms with E-state index in [2.05, 4.69) is 21.1 Å². The number of nitriles is 1. The highest BCUT2D eigenvalue weighted by atomic mass is 16.5.